The Labute approximate surface area is 168 Å². The summed E-state index contributed by atoms with van der Waals surface area (Å²) in [6, 6.07) is 16.6. The molecular weight excluding hydrogens is 460 g/mol. The number of thiophene rings is 1. The lowest BCUT2D eigenvalue weighted by molar-refractivity contribution is 0.102. The van der Waals surface area contributed by atoms with E-state index in [0.29, 0.717) is 14.5 Å². The number of benzene rings is 2. The first-order valence-corrected chi connectivity index (χ1v) is 10.8. The zero-order valence-corrected chi connectivity index (χ0v) is 17.0. The average Bonchev–Trinajstić information content (AvgIpc) is 3.04. The predicted octanol–water partition coefficient (Wildman–Crippen LogP) is 5.22. The summed E-state index contributed by atoms with van der Waals surface area (Å²) >= 11 is 10.1. The number of nitrogens with one attached hydrogen (secondary N) is 2. The third-order valence-electron chi connectivity index (χ3n) is 3.32. The topological polar surface area (TPSA) is 75.3 Å². The second-order valence-corrected chi connectivity index (χ2v) is 9.71. The Balaban J connectivity index is 1.92. The quantitative estimate of drug-likeness (QED) is 0.536. The monoisotopic (exact) mass is 470 g/mol. The highest BCUT2D eigenvalue weighted by molar-refractivity contribution is 9.10. The van der Waals surface area contributed by atoms with Crippen LogP contribution in [0.2, 0.25) is 4.34 Å². The molecule has 0 unspecified atom stereocenters. The van der Waals surface area contributed by atoms with Crippen molar-refractivity contribution < 1.29 is 13.2 Å². The van der Waals surface area contributed by atoms with Gasteiger partial charge in [0.05, 0.1) is 15.6 Å². The van der Waals surface area contributed by atoms with E-state index in [4.69, 9.17) is 11.6 Å². The molecule has 0 fully saturated rings. The Morgan fingerprint density at radius 1 is 1.04 bits per heavy atom. The number of sulfonamides is 1. The molecule has 0 saturated carbocycles. The molecule has 1 amide bonds. The SMILES string of the molecule is O=C(Nc1ccccc1)c1cc(Br)ccc1NS(=O)(=O)c1ccc(Cl)s1. The van der Waals surface area contributed by atoms with E-state index in [9.17, 15) is 13.2 Å². The number of halogens is 2. The van der Waals surface area contributed by atoms with Gasteiger partial charge < -0.3 is 5.32 Å². The molecule has 0 saturated heterocycles. The zero-order valence-electron chi connectivity index (χ0n) is 13.1. The third-order valence-corrected chi connectivity index (χ3v) is 6.90. The summed E-state index contributed by atoms with van der Waals surface area (Å²) in [4.78, 5) is 12.6. The minimum atomic E-state index is -3.85. The summed E-state index contributed by atoms with van der Waals surface area (Å²) in [6.07, 6.45) is 0. The minimum absolute atomic E-state index is 0.0693. The van der Waals surface area contributed by atoms with Gasteiger partial charge in [-0.3, -0.25) is 9.52 Å². The van der Waals surface area contributed by atoms with Crippen LogP contribution in [0.15, 0.2) is 69.3 Å². The molecule has 5 nitrogen and oxygen atoms in total. The highest BCUT2D eigenvalue weighted by Crippen LogP contribution is 2.29. The molecular formula is C17H12BrClN2O3S2. The van der Waals surface area contributed by atoms with Gasteiger partial charge in [0.1, 0.15) is 4.21 Å². The maximum absolute atomic E-state index is 12.6. The van der Waals surface area contributed by atoms with Crippen molar-refractivity contribution in [3.8, 4) is 0 Å². The van der Waals surface area contributed by atoms with Gasteiger partial charge in [-0.2, -0.15) is 0 Å². The van der Waals surface area contributed by atoms with E-state index >= 15 is 0 Å². The van der Waals surface area contributed by atoms with E-state index in [2.05, 4.69) is 26.0 Å². The number of para-hydroxylation sites is 1. The third kappa shape index (κ3) is 4.45. The fraction of sp³-hybridized carbons (Fsp3) is 0. The van der Waals surface area contributed by atoms with Crippen LogP contribution in [0.4, 0.5) is 11.4 Å². The van der Waals surface area contributed by atoms with Crippen LogP contribution in [0.3, 0.4) is 0 Å². The summed E-state index contributed by atoms with van der Waals surface area (Å²) in [5, 5.41) is 2.74. The van der Waals surface area contributed by atoms with Crippen molar-refractivity contribution in [3.63, 3.8) is 0 Å². The molecule has 26 heavy (non-hydrogen) atoms. The van der Waals surface area contributed by atoms with Crippen molar-refractivity contribution >= 4 is 66.2 Å². The molecule has 1 heterocycles. The molecule has 3 rings (SSSR count). The average molecular weight is 472 g/mol. The van der Waals surface area contributed by atoms with Gasteiger partial charge in [0, 0.05) is 10.2 Å². The molecule has 2 aromatic carbocycles. The Morgan fingerprint density at radius 2 is 1.77 bits per heavy atom. The zero-order chi connectivity index (χ0) is 18.7. The molecule has 0 radical (unpaired) electrons. The lowest BCUT2D eigenvalue weighted by Gasteiger charge is -2.12. The van der Waals surface area contributed by atoms with E-state index in [1.165, 1.54) is 18.2 Å². The number of carbonyl (C=O) groups is 1. The van der Waals surface area contributed by atoms with Crippen LogP contribution >= 0.6 is 38.9 Å². The second kappa shape index (κ2) is 7.79. The molecule has 0 bridgehead atoms. The van der Waals surface area contributed by atoms with E-state index in [1.807, 2.05) is 6.07 Å². The van der Waals surface area contributed by atoms with Gasteiger partial charge in [-0.15, -0.1) is 11.3 Å². The predicted molar refractivity (Wildman–Crippen MR) is 109 cm³/mol. The van der Waals surface area contributed by atoms with E-state index in [1.54, 1.807) is 36.4 Å². The second-order valence-electron chi connectivity index (χ2n) is 5.17. The molecule has 1 aromatic heterocycles. The van der Waals surface area contributed by atoms with E-state index in [0.717, 1.165) is 11.3 Å². The van der Waals surface area contributed by atoms with Gasteiger partial charge in [-0.1, -0.05) is 45.7 Å². The minimum Gasteiger partial charge on any atom is -0.322 e. The number of anilines is 2. The first-order valence-electron chi connectivity index (χ1n) is 7.29. The molecule has 134 valence electrons. The Kier molecular flexibility index (Phi) is 5.67. The smallest absolute Gasteiger partial charge is 0.271 e. The lowest BCUT2D eigenvalue weighted by Crippen LogP contribution is -2.18. The molecule has 0 aliphatic carbocycles. The van der Waals surface area contributed by atoms with Gasteiger partial charge in [0.25, 0.3) is 15.9 Å². The largest absolute Gasteiger partial charge is 0.322 e. The normalized spacial score (nSPS) is 11.2. The summed E-state index contributed by atoms with van der Waals surface area (Å²) < 4.78 is 28.6. The van der Waals surface area contributed by atoms with Crippen molar-refractivity contribution in [3.05, 3.63) is 75.0 Å². The number of hydrogen-bond donors (Lipinski definition) is 2. The standard InChI is InChI=1S/C17H12BrClN2O3S2/c18-11-6-7-14(21-26(23,24)16-9-8-15(19)25-16)13(10-11)17(22)20-12-4-2-1-3-5-12/h1-10,21H,(H,20,22). The number of carbonyl (C=O) groups excluding carboxylic acids is 1. The first-order chi connectivity index (χ1) is 12.3. The molecule has 0 aliphatic rings. The molecule has 9 heteroatoms. The van der Waals surface area contributed by atoms with Crippen molar-refractivity contribution in [2.45, 2.75) is 4.21 Å². The molecule has 0 spiro atoms. The maximum Gasteiger partial charge on any atom is 0.271 e. The number of rotatable bonds is 5. The first kappa shape index (κ1) is 18.9. The Hall–Kier alpha value is -1.87. The molecule has 2 N–H and O–H groups in total. The van der Waals surface area contributed by atoms with Gasteiger partial charge in [0.15, 0.2) is 0 Å². The molecule has 0 aliphatic heterocycles. The molecule has 0 atom stereocenters. The Bertz CT molecular complexity index is 1050. The van der Waals surface area contributed by atoms with Crippen LogP contribution in [0.5, 0.6) is 0 Å². The van der Waals surface area contributed by atoms with Gasteiger partial charge >= 0.3 is 0 Å². The Morgan fingerprint density at radius 3 is 2.42 bits per heavy atom. The van der Waals surface area contributed by atoms with Gasteiger partial charge in [-0.25, -0.2) is 8.42 Å². The van der Waals surface area contributed by atoms with Crippen LogP contribution in [-0.4, -0.2) is 14.3 Å². The fourth-order valence-electron chi connectivity index (χ4n) is 2.15. The summed E-state index contributed by atoms with van der Waals surface area (Å²) in [5.74, 6) is -0.431. The van der Waals surface area contributed by atoms with Gasteiger partial charge in [0.2, 0.25) is 0 Å². The van der Waals surface area contributed by atoms with Crippen LogP contribution in [0.25, 0.3) is 0 Å². The maximum atomic E-state index is 12.6. The highest BCUT2D eigenvalue weighted by atomic mass is 79.9. The van der Waals surface area contributed by atoms with Crippen LogP contribution < -0.4 is 10.0 Å². The number of hydrogen-bond acceptors (Lipinski definition) is 4. The van der Waals surface area contributed by atoms with Crippen LogP contribution in [-0.2, 0) is 10.0 Å². The lowest BCUT2D eigenvalue weighted by atomic mass is 10.1. The highest BCUT2D eigenvalue weighted by Gasteiger charge is 2.21. The van der Waals surface area contributed by atoms with Crippen molar-refractivity contribution in [1.82, 2.24) is 0 Å². The van der Waals surface area contributed by atoms with Crippen LogP contribution in [0.1, 0.15) is 10.4 Å². The fourth-order valence-corrected chi connectivity index (χ4v) is 5.07. The number of amides is 1. The van der Waals surface area contributed by atoms with E-state index < -0.39 is 15.9 Å². The molecule has 3 aromatic rings. The van der Waals surface area contributed by atoms with Crippen molar-refractivity contribution in [1.29, 1.82) is 0 Å². The summed E-state index contributed by atoms with van der Waals surface area (Å²) in [6.45, 7) is 0. The van der Waals surface area contributed by atoms with Crippen LogP contribution in [0, 0.1) is 0 Å². The summed E-state index contributed by atoms with van der Waals surface area (Å²) in [5.41, 5.74) is 0.969. The van der Waals surface area contributed by atoms with Crippen molar-refractivity contribution in [2.24, 2.45) is 0 Å². The summed E-state index contributed by atoms with van der Waals surface area (Å²) in [7, 11) is -3.85. The van der Waals surface area contributed by atoms with Gasteiger partial charge in [-0.05, 0) is 42.5 Å². The van der Waals surface area contributed by atoms with E-state index in [-0.39, 0.29) is 15.5 Å². The van der Waals surface area contributed by atoms with Crippen molar-refractivity contribution in [2.75, 3.05) is 10.0 Å².